The summed E-state index contributed by atoms with van der Waals surface area (Å²) in [5, 5.41) is 0. The van der Waals surface area contributed by atoms with E-state index in [0.717, 1.165) is 17.1 Å². The summed E-state index contributed by atoms with van der Waals surface area (Å²) >= 11 is 0. The Balaban J connectivity index is 1.99. The van der Waals surface area contributed by atoms with E-state index in [1.807, 2.05) is 36.4 Å². The minimum absolute atomic E-state index is 0.424. The molecule has 3 nitrogen and oxygen atoms in total. The van der Waals surface area contributed by atoms with Crippen LogP contribution in [0.3, 0.4) is 0 Å². The van der Waals surface area contributed by atoms with Gasteiger partial charge in [0, 0.05) is 11.3 Å². The molecule has 3 heteroatoms. The molecule has 1 heterocycles. The molecule has 0 atom stereocenters. The lowest BCUT2D eigenvalue weighted by Crippen LogP contribution is -2.37. The summed E-state index contributed by atoms with van der Waals surface area (Å²) < 4.78 is 5.43. The number of aliphatic imine (C=N–C) groups is 1. The van der Waals surface area contributed by atoms with Crippen LogP contribution in [0, 0.1) is 0 Å². The Morgan fingerprint density at radius 2 is 1.56 bits per heavy atom. The molecule has 2 aromatic rings. The van der Waals surface area contributed by atoms with Gasteiger partial charge in [-0.25, -0.2) is 4.99 Å². The topological polar surface area (TPSA) is 24.8 Å². The van der Waals surface area contributed by atoms with Crippen molar-refractivity contribution in [2.24, 2.45) is 4.99 Å². The van der Waals surface area contributed by atoms with Crippen LogP contribution in [0.2, 0.25) is 0 Å². The second-order valence-electron chi connectivity index (χ2n) is 4.07. The van der Waals surface area contributed by atoms with Crippen molar-refractivity contribution in [3.8, 4) is 0 Å². The van der Waals surface area contributed by atoms with Crippen LogP contribution < -0.4 is 4.90 Å². The lowest BCUT2D eigenvalue weighted by atomic mass is 10.1. The van der Waals surface area contributed by atoms with Gasteiger partial charge in [-0.1, -0.05) is 48.5 Å². The first-order valence-corrected chi connectivity index (χ1v) is 5.95. The van der Waals surface area contributed by atoms with E-state index in [0.29, 0.717) is 13.5 Å². The highest BCUT2D eigenvalue weighted by atomic mass is 16.5. The maximum Gasteiger partial charge on any atom is 0.142 e. The van der Waals surface area contributed by atoms with Gasteiger partial charge in [0.15, 0.2) is 0 Å². The molecule has 90 valence electrons. The number of para-hydroxylation sites is 1. The average molecular weight is 238 g/mol. The van der Waals surface area contributed by atoms with Crippen molar-refractivity contribution in [2.75, 3.05) is 18.4 Å². The Morgan fingerprint density at radius 1 is 0.889 bits per heavy atom. The molecule has 0 saturated carbocycles. The predicted octanol–water partition coefficient (Wildman–Crippen LogP) is 2.89. The van der Waals surface area contributed by atoms with Crippen molar-refractivity contribution in [3.63, 3.8) is 0 Å². The molecule has 1 aliphatic heterocycles. The lowest BCUT2D eigenvalue weighted by molar-refractivity contribution is 0.141. The number of hydrogen-bond acceptors (Lipinski definition) is 3. The van der Waals surface area contributed by atoms with E-state index in [2.05, 4.69) is 34.2 Å². The highest BCUT2D eigenvalue weighted by molar-refractivity contribution is 6.10. The smallest absolute Gasteiger partial charge is 0.142 e. The van der Waals surface area contributed by atoms with E-state index in [9.17, 15) is 0 Å². The van der Waals surface area contributed by atoms with Crippen molar-refractivity contribution in [1.29, 1.82) is 0 Å². The van der Waals surface area contributed by atoms with Crippen LogP contribution in [-0.2, 0) is 4.74 Å². The van der Waals surface area contributed by atoms with Gasteiger partial charge in [-0.15, -0.1) is 0 Å². The first-order chi connectivity index (χ1) is 8.95. The third kappa shape index (κ3) is 2.13. The van der Waals surface area contributed by atoms with Gasteiger partial charge in [0.05, 0.1) is 0 Å². The monoisotopic (exact) mass is 238 g/mol. The molecule has 0 spiro atoms. The SMILES string of the molecule is c1ccc(C2=NCOCN2c2ccccc2)cc1. The number of amidine groups is 1. The van der Waals surface area contributed by atoms with Crippen LogP contribution in [0.1, 0.15) is 5.56 Å². The Labute approximate surface area is 106 Å². The zero-order valence-corrected chi connectivity index (χ0v) is 9.99. The maximum absolute atomic E-state index is 5.43. The molecule has 0 unspecified atom stereocenters. The Bertz CT molecular complexity index is 537. The summed E-state index contributed by atoms with van der Waals surface area (Å²) in [6.45, 7) is 0.964. The first kappa shape index (κ1) is 11.0. The standard InChI is InChI=1S/C15H14N2O/c1-3-7-13(8-4-1)15-16-11-18-12-17(15)14-9-5-2-6-10-14/h1-10H,11-12H2. The van der Waals surface area contributed by atoms with E-state index < -0.39 is 0 Å². The number of nitrogens with zero attached hydrogens (tertiary/aromatic N) is 2. The van der Waals surface area contributed by atoms with Crippen molar-refractivity contribution in [2.45, 2.75) is 0 Å². The number of hydrogen-bond donors (Lipinski definition) is 0. The Hall–Kier alpha value is -2.13. The summed E-state index contributed by atoms with van der Waals surface area (Å²) in [4.78, 5) is 6.56. The molecule has 18 heavy (non-hydrogen) atoms. The number of benzene rings is 2. The van der Waals surface area contributed by atoms with Crippen molar-refractivity contribution < 1.29 is 4.74 Å². The molecular formula is C15H14N2O. The molecule has 0 fully saturated rings. The summed E-state index contributed by atoms with van der Waals surface area (Å²) in [5.74, 6) is 0.966. The summed E-state index contributed by atoms with van der Waals surface area (Å²) in [7, 11) is 0. The van der Waals surface area contributed by atoms with Crippen LogP contribution in [-0.4, -0.2) is 19.3 Å². The van der Waals surface area contributed by atoms with E-state index >= 15 is 0 Å². The van der Waals surface area contributed by atoms with Crippen LogP contribution in [0.5, 0.6) is 0 Å². The van der Waals surface area contributed by atoms with Gasteiger partial charge in [0.25, 0.3) is 0 Å². The maximum atomic E-state index is 5.43. The van der Waals surface area contributed by atoms with E-state index in [-0.39, 0.29) is 0 Å². The molecule has 0 radical (unpaired) electrons. The van der Waals surface area contributed by atoms with Crippen LogP contribution in [0.25, 0.3) is 0 Å². The minimum Gasteiger partial charge on any atom is -0.339 e. The van der Waals surface area contributed by atoms with Crippen LogP contribution in [0.15, 0.2) is 65.7 Å². The fourth-order valence-corrected chi connectivity index (χ4v) is 2.02. The van der Waals surface area contributed by atoms with Gasteiger partial charge in [-0.3, -0.25) is 0 Å². The summed E-state index contributed by atoms with van der Waals surface area (Å²) in [6.07, 6.45) is 0. The third-order valence-electron chi connectivity index (χ3n) is 2.88. The van der Waals surface area contributed by atoms with Gasteiger partial charge in [-0.2, -0.15) is 0 Å². The Kier molecular flexibility index (Phi) is 3.07. The predicted molar refractivity (Wildman–Crippen MR) is 72.7 cm³/mol. The molecule has 2 aromatic carbocycles. The average Bonchev–Trinajstić information content (AvgIpc) is 2.49. The van der Waals surface area contributed by atoms with E-state index in [1.165, 1.54) is 0 Å². The molecule has 0 saturated heterocycles. The van der Waals surface area contributed by atoms with Crippen molar-refractivity contribution in [1.82, 2.24) is 0 Å². The fraction of sp³-hybridized carbons (Fsp3) is 0.133. The van der Waals surface area contributed by atoms with Gasteiger partial charge in [0.1, 0.15) is 19.3 Å². The molecule has 0 N–H and O–H groups in total. The van der Waals surface area contributed by atoms with E-state index in [1.54, 1.807) is 0 Å². The summed E-state index contributed by atoms with van der Waals surface area (Å²) in [6, 6.07) is 20.4. The number of anilines is 1. The quantitative estimate of drug-likeness (QED) is 0.803. The molecule has 0 bridgehead atoms. The normalized spacial score (nSPS) is 15.3. The van der Waals surface area contributed by atoms with Gasteiger partial charge in [0.2, 0.25) is 0 Å². The molecule has 0 aromatic heterocycles. The number of ether oxygens (including phenoxy) is 1. The summed E-state index contributed by atoms with van der Waals surface area (Å²) in [5.41, 5.74) is 2.21. The zero-order chi connectivity index (χ0) is 12.2. The fourth-order valence-electron chi connectivity index (χ4n) is 2.02. The van der Waals surface area contributed by atoms with Gasteiger partial charge < -0.3 is 9.64 Å². The van der Waals surface area contributed by atoms with Crippen molar-refractivity contribution in [3.05, 3.63) is 66.2 Å². The third-order valence-corrected chi connectivity index (χ3v) is 2.88. The highest BCUT2D eigenvalue weighted by Gasteiger charge is 2.18. The Morgan fingerprint density at radius 3 is 2.28 bits per heavy atom. The second kappa shape index (κ2) is 5.02. The number of rotatable bonds is 2. The first-order valence-electron chi connectivity index (χ1n) is 5.95. The second-order valence-corrected chi connectivity index (χ2v) is 4.07. The van der Waals surface area contributed by atoms with Gasteiger partial charge >= 0.3 is 0 Å². The van der Waals surface area contributed by atoms with Crippen LogP contribution >= 0.6 is 0 Å². The van der Waals surface area contributed by atoms with Crippen LogP contribution in [0.4, 0.5) is 5.69 Å². The van der Waals surface area contributed by atoms with Gasteiger partial charge in [-0.05, 0) is 12.1 Å². The molecule has 1 aliphatic rings. The largest absolute Gasteiger partial charge is 0.339 e. The lowest BCUT2D eigenvalue weighted by Gasteiger charge is -2.29. The molecule has 0 amide bonds. The molecule has 3 rings (SSSR count). The van der Waals surface area contributed by atoms with E-state index in [4.69, 9.17) is 4.74 Å². The highest BCUT2D eigenvalue weighted by Crippen LogP contribution is 2.19. The minimum atomic E-state index is 0.424. The van der Waals surface area contributed by atoms with Crippen molar-refractivity contribution >= 4 is 11.5 Å². The zero-order valence-electron chi connectivity index (χ0n) is 9.99. The molecule has 0 aliphatic carbocycles. The molecular weight excluding hydrogens is 224 g/mol.